The average Bonchev–Trinajstić information content (AvgIpc) is 3.17. The molecule has 27 heavy (non-hydrogen) atoms. The summed E-state index contributed by atoms with van der Waals surface area (Å²) in [6.45, 7) is 0. The molecule has 1 N–H and O–H groups in total. The topological polar surface area (TPSA) is 64.0 Å². The molecule has 1 amide bonds. The van der Waals surface area contributed by atoms with Crippen molar-refractivity contribution < 1.29 is 9.18 Å². The highest BCUT2D eigenvalue weighted by molar-refractivity contribution is 7.17. The average molecular weight is 379 g/mol. The first-order valence-corrected chi connectivity index (χ1v) is 9.10. The monoisotopic (exact) mass is 379 g/mol. The summed E-state index contributed by atoms with van der Waals surface area (Å²) in [7, 11) is 0. The molecule has 0 bridgehead atoms. The number of carbonyl (C=O) groups excluding carboxylic acids is 1. The molecule has 0 saturated heterocycles. The van der Waals surface area contributed by atoms with E-state index in [1.807, 2.05) is 41.8 Å². The van der Waals surface area contributed by atoms with Gasteiger partial charge in [0.25, 0.3) is 0 Å². The van der Waals surface area contributed by atoms with Crippen molar-refractivity contribution in [2.75, 3.05) is 5.43 Å². The molecular formula is C20H14FN3O2S. The van der Waals surface area contributed by atoms with E-state index >= 15 is 0 Å². The van der Waals surface area contributed by atoms with Gasteiger partial charge < -0.3 is 0 Å². The van der Waals surface area contributed by atoms with E-state index in [9.17, 15) is 14.0 Å². The summed E-state index contributed by atoms with van der Waals surface area (Å²) < 4.78 is 13.5. The van der Waals surface area contributed by atoms with E-state index in [4.69, 9.17) is 0 Å². The quantitative estimate of drug-likeness (QED) is 0.590. The molecule has 0 aliphatic rings. The van der Waals surface area contributed by atoms with Crippen molar-refractivity contribution in [2.24, 2.45) is 0 Å². The number of carbonyl (C=O) groups is 1. The van der Waals surface area contributed by atoms with Crippen LogP contribution < -0.4 is 11.0 Å². The third kappa shape index (κ3) is 3.50. The summed E-state index contributed by atoms with van der Waals surface area (Å²) in [5, 5.41) is 6.93. The molecule has 0 atom stereocenters. The third-order valence-corrected chi connectivity index (χ3v) is 4.97. The van der Waals surface area contributed by atoms with E-state index in [-0.39, 0.29) is 17.8 Å². The van der Waals surface area contributed by atoms with Crippen molar-refractivity contribution in [3.05, 3.63) is 87.8 Å². The van der Waals surface area contributed by atoms with Gasteiger partial charge in [0.05, 0.1) is 6.42 Å². The van der Waals surface area contributed by atoms with E-state index < -0.39 is 5.91 Å². The molecule has 0 unspecified atom stereocenters. The van der Waals surface area contributed by atoms with Crippen molar-refractivity contribution in [3.63, 3.8) is 0 Å². The van der Waals surface area contributed by atoms with Crippen molar-refractivity contribution in [3.8, 4) is 11.3 Å². The molecule has 0 spiro atoms. The standard InChI is InChI=1S/C20H14FN3O2S/c21-15-8-6-13(7-9-15)12-17(25)22-24-20(26)19-16(10-11-27-19)18(23-24)14-4-2-1-3-5-14/h1-11H,12H2,(H,22,25). The molecule has 0 radical (unpaired) electrons. The molecular weight excluding hydrogens is 365 g/mol. The Kier molecular flexibility index (Phi) is 4.52. The van der Waals surface area contributed by atoms with Crippen LogP contribution in [0.3, 0.4) is 0 Å². The molecule has 0 aliphatic heterocycles. The van der Waals surface area contributed by atoms with Gasteiger partial charge in [-0.1, -0.05) is 42.5 Å². The highest BCUT2D eigenvalue weighted by Gasteiger charge is 2.15. The van der Waals surface area contributed by atoms with Crippen LogP contribution in [-0.4, -0.2) is 15.8 Å². The zero-order chi connectivity index (χ0) is 18.8. The number of hydrogen-bond donors (Lipinski definition) is 1. The first-order valence-electron chi connectivity index (χ1n) is 8.22. The zero-order valence-electron chi connectivity index (χ0n) is 14.1. The minimum atomic E-state index is -0.411. The minimum Gasteiger partial charge on any atom is -0.273 e. The van der Waals surface area contributed by atoms with Gasteiger partial charge >= 0.3 is 5.56 Å². The van der Waals surface area contributed by atoms with Crippen LogP contribution in [0.4, 0.5) is 4.39 Å². The Morgan fingerprint density at radius 1 is 1.07 bits per heavy atom. The second kappa shape index (κ2) is 7.13. The summed E-state index contributed by atoms with van der Waals surface area (Å²) in [4.78, 5) is 26.0. The molecule has 0 aliphatic carbocycles. The highest BCUT2D eigenvalue weighted by atomic mass is 32.1. The van der Waals surface area contributed by atoms with Crippen LogP contribution in [-0.2, 0) is 11.2 Å². The number of halogens is 1. The number of nitrogens with zero attached hydrogens (tertiary/aromatic N) is 2. The van der Waals surface area contributed by atoms with Crippen molar-refractivity contribution >= 4 is 27.3 Å². The van der Waals surface area contributed by atoms with E-state index in [0.717, 1.165) is 15.7 Å². The summed E-state index contributed by atoms with van der Waals surface area (Å²) in [6, 6.07) is 17.0. The van der Waals surface area contributed by atoms with Gasteiger partial charge in [0.15, 0.2) is 0 Å². The number of rotatable bonds is 4. The van der Waals surface area contributed by atoms with Gasteiger partial charge in [-0.3, -0.25) is 9.59 Å². The number of nitrogens with one attached hydrogen (secondary N) is 1. The molecule has 0 fully saturated rings. The van der Waals surface area contributed by atoms with Crippen LogP contribution in [0.5, 0.6) is 0 Å². The number of hydrogen-bond acceptors (Lipinski definition) is 4. The molecule has 0 saturated carbocycles. The molecule has 134 valence electrons. The van der Waals surface area contributed by atoms with Gasteiger partial charge in [0, 0.05) is 10.9 Å². The van der Waals surface area contributed by atoms with Crippen LogP contribution in [0, 0.1) is 5.82 Å². The largest absolute Gasteiger partial charge is 0.304 e. The minimum absolute atomic E-state index is 0.0115. The van der Waals surface area contributed by atoms with E-state index in [2.05, 4.69) is 10.5 Å². The van der Waals surface area contributed by atoms with Crippen LogP contribution in [0.1, 0.15) is 5.56 Å². The summed E-state index contributed by atoms with van der Waals surface area (Å²) in [5.74, 6) is -0.779. The fraction of sp³-hybridized carbons (Fsp3) is 0.0500. The Morgan fingerprint density at radius 3 is 2.56 bits per heavy atom. The van der Waals surface area contributed by atoms with Crippen LogP contribution >= 0.6 is 11.3 Å². The van der Waals surface area contributed by atoms with Gasteiger partial charge in [0.1, 0.15) is 16.2 Å². The lowest BCUT2D eigenvalue weighted by Gasteiger charge is -2.10. The maximum absolute atomic E-state index is 13.0. The number of thiophene rings is 1. The second-order valence-corrected chi connectivity index (χ2v) is 6.85. The molecule has 4 aromatic rings. The summed E-state index contributed by atoms with van der Waals surface area (Å²) >= 11 is 1.30. The molecule has 4 rings (SSSR count). The molecule has 2 heterocycles. The predicted molar refractivity (Wildman–Crippen MR) is 104 cm³/mol. The number of amides is 1. The van der Waals surface area contributed by atoms with Gasteiger partial charge in [0.2, 0.25) is 5.91 Å². The Morgan fingerprint density at radius 2 is 1.81 bits per heavy atom. The second-order valence-electron chi connectivity index (χ2n) is 5.93. The van der Waals surface area contributed by atoms with Crippen LogP contribution in [0.2, 0.25) is 0 Å². The normalized spacial score (nSPS) is 10.9. The maximum Gasteiger partial charge on any atom is 0.304 e. The highest BCUT2D eigenvalue weighted by Crippen LogP contribution is 2.27. The predicted octanol–water partition coefficient (Wildman–Crippen LogP) is 3.58. The Bertz CT molecular complexity index is 1170. The van der Waals surface area contributed by atoms with Crippen molar-refractivity contribution in [2.45, 2.75) is 6.42 Å². The number of aromatic nitrogens is 2. The Balaban J connectivity index is 1.69. The lowest BCUT2D eigenvalue weighted by atomic mass is 10.1. The van der Waals surface area contributed by atoms with Crippen LogP contribution in [0.25, 0.3) is 21.3 Å². The lowest BCUT2D eigenvalue weighted by Crippen LogP contribution is -2.36. The number of benzene rings is 2. The molecule has 2 aromatic carbocycles. The van der Waals surface area contributed by atoms with E-state index in [1.165, 1.54) is 35.6 Å². The van der Waals surface area contributed by atoms with Crippen LogP contribution in [0.15, 0.2) is 70.8 Å². The summed E-state index contributed by atoms with van der Waals surface area (Å²) in [5.41, 5.74) is 4.26. The van der Waals surface area contributed by atoms with Gasteiger partial charge in [-0.15, -0.1) is 21.2 Å². The smallest absolute Gasteiger partial charge is 0.273 e. The molecule has 5 nitrogen and oxygen atoms in total. The van der Waals surface area contributed by atoms with Crippen molar-refractivity contribution in [1.82, 2.24) is 9.89 Å². The van der Waals surface area contributed by atoms with Crippen molar-refractivity contribution in [1.29, 1.82) is 0 Å². The lowest BCUT2D eigenvalue weighted by molar-refractivity contribution is -0.116. The molecule has 7 heteroatoms. The zero-order valence-corrected chi connectivity index (χ0v) is 14.9. The van der Waals surface area contributed by atoms with E-state index in [0.29, 0.717) is 16.0 Å². The van der Waals surface area contributed by atoms with Gasteiger partial charge in [-0.25, -0.2) is 9.82 Å². The first kappa shape index (κ1) is 17.1. The fourth-order valence-corrected chi connectivity index (χ4v) is 3.61. The third-order valence-electron chi connectivity index (χ3n) is 4.06. The molecule has 2 aromatic heterocycles. The fourth-order valence-electron chi connectivity index (χ4n) is 2.79. The van der Waals surface area contributed by atoms with Gasteiger partial charge in [-0.2, -0.15) is 0 Å². The van der Waals surface area contributed by atoms with E-state index in [1.54, 1.807) is 0 Å². The Labute approximate surface area is 157 Å². The maximum atomic E-state index is 13.0. The van der Waals surface area contributed by atoms with Gasteiger partial charge in [-0.05, 0) is 29.1 Å². The SMILES string of the molecule is O=C(Cc1ccc(F)cc1)Nn1nc(-c2ccccc2)c2ccsc2c1=O. The number of fused-ring (bicyclic) bond motifs is 1. The summed E-state index contributed by atoms with van der Waals surface area (Å²) in [6.07, 6.45) is 0.0115. The first-order chi connectivity index (χ1) is 13.1. The Hall–Kier alpha value is -3.32.